The lowest BCUT2D eigenvalue weighted by atomic mass is 9.88. The molecule has 346 valence electrons. The van der Waals surface area contributed by atoms with E-state index in [9.17, 15) is 0 Å². The predicted molar refractivity (Wildman–Crippen MR) is 311 cm³/mol. The van der Waals surface area contributed by atoms with Crippen molar-refractivity contribution in [1.29, 1.82) is 0 Å². The Bertz CT molecular complexity index is 4380. The fourth-order valence-electron chi connectivity index (χ4n) is 11.9. The highest BCUT2D eigenvalue weighted by molar-refractivity contribution is 6.33. The second kappa shape index (κ2) is 16.5. The zero-order valence-electron chi connectivity index (χ0n) is 39.9. The largest absolute Gasteiger partial charge is 0.310 e. The minimum Gasteiger partial charge on any atom is -0.310 e. The summed E-state index contributed by atoms with van der Waals surface area (Å²) in [5.74, 6) is -0.611. The Balaban J connectivity index is 0.971. The van der Waals surface area contributed by atoms with E-state index in [2.05, 4.69) is 228 Å². The van der Waals surface area contributed by atoms with Gasteiger partial charge in [-0.15, -0.1) is 0 Å². The second-order valence-electron chi connectivity index (χ2n) is 19.5. The molecule has 0 fully saturated rings. The molecule has 4 heteroatoms. The molecule has 0 aromatic heterocycles. The van der Waals surface area contributed by atoms with E-state index < -0.39 is 0 Å². The van der Waals surface area contributed by atoms with Gasteiger partial charge in [-0.3, -0.25) is 0 Å². The lowest BCUT2D eigenvalue weighted by Gasteiger charge is -2.27. The van der Waals surface area contributed by atoms with Crippen LogP contribution in [0, 0.1) is 11.6 Å². The molecule has 15 rings (SSSR count). The van der Waals surface area contributed by atoms with Crippen molar-refractivity contribution in [3.8, 4) is 0 Å². The van der Waals surface area contributed by atoms with Crippen LogP contribution in [0.15, 0.2) is 255 Å². The molecule has 0 heterocycles. The number of hydrogen-bond donors (Lipinski definition) is 0. The van der Waals surface area contributed by atoms with Gasteiger partial charge < -0.3 is 9.80 Å². The van der Waals surface area contributed by atoms with E-state index in [1.807, 2.05) is 12.1 Å². The van der Waals surface area contributed by atoms with Gasteiger partial charge >= 0.3 is 0 Å². The predicted octanol–water partition coefficient (Wildman–Crippen LogP) is 20.4. The first kappa shape index (κ1) is 42.1. The normalized spacial score (nSPS) is 11.9. The van der Waals surface area contributed by atoms with Gasteiger partial charge in [-0.25, -0.2) is 8.78 Å². The van der Waals surface area contributed by atoms with E-state index in [1.165, 1.54) is 0 Å². The molecular weight excluding hydrogens is 907 g/mol. The second-order valence-corrected chi connectivity index (χ2v) is 19.5. The summed E-state index contributed by atoms with van der Waals surface area (Å²) in [6, 6.07) is 88.0. The third kappa shape index (κ3) is 6.62. The molecule has 0 aliphatic rings. The lowest BCUT2D eigenvalue weighted by molar-refractivity contribution is 0.640. The average Bonchev–Trinajstić information content (AvgIpc) is 3.48. The van der Waals surface area contributed by atoms with Crippen LogP contribution in [0.2, 0.25) is 0 Å². The Hall–Kier alpha value is -9.64. The van der Waals surface area contributed by atoms with E-state index in [4.69, 9.17) is 0 Å². The van der Waals surface area contributed by atoms with E-state index in [0.29, 0.717) is 10.8 Å². The minimum absolute atomic E-state index is 0.306. The number of benzene rings is 15. The minimum atomic E-state index is -0.306. The molecule has 15 aromatic rings. The third-order valence-electron chi connectivity index (χ3n) is 15.4. The summed E-state index contributed by atoms with van der Waals surface area (Å²) >= 11 is 0. The fourth-order valence-corrected chi connectivity index (χ4v) is 11.9. The molecule has 0 saturated heterocycles. The highest BCUT2D eigenvalue weighted by Crippen LogP contribution is 2.47. The van der Waals surface area contributed by atoms with Gasteiger partial charge in [-0.05, 0) is 194 Å². The molecule has 0 aliphatic heterocycles. The van der Waals surface area contributed by atoms with Gasteiger partial charge in [0, 0.05) is 44.9 Å². The van der Waals surface area contributed by atoms with Gasteiger partial charge in [-0.1, -0.05) is 158 Å². The van der Waals surface area contributed by atoms with Gasteiger partial charge in [0.15, 0.2) is 0 Å². The summed E-state index contributed by atoms with van der Waals surface area (Å²) in [6.07, 6.45) is 0. The highest BCUT2D eigenvalue weighted by atomic mass is 19.1. The summed E-state index contributed by atoms with van der Waals surface area (Å²) in [4.78, 5) is 4.58. The molecule has 0 bridgehead atoms. The maximum atomic E-state index is 16.9. The molecule has 0 amide bonds. The first-order valence-electron chi connectivity index (χ1n) is 25.1. The third-order valence-corrected chi connectivity index (χ3v) is 15.4. The van der Waals surface area contributed by atoms with Crippen LogP contribution in [0.4, 0.5) is 42.9 Å². The van der Waals surface area contributed by atoms with Crippen LogP contribution >= 0.6 is 0 Å². The Morgan fingerprint density at radius 2 is 0.473 bits per heavy atom. The fraction of sp³-hybridized carbons (Fsp3) is 0. The van der Waals surface area contributed by atoms with Crippen molar-refractivity contribution in [2.75, 3.05) is 9.80 Å². The summed E-state index contributed by atoms with van der Waals surface area (Å²) in [5.41, 5.74) is 5.91. The molecule has 0 radical (unpaired) electrons. The number of anilines is 6. The van der Waals surface area contributed by atoms with Crippen LogP contribution in [0.5, 0.6) is 0 Å². The highest BCUT2D eigenvalue weighted by Gasteiger charge is 2.22. The van der Waals surface area contributed by atoms with Crippen molar-refractivity contribution < 1.29 is 8.78 Å². The Morgan fingerprint density at radius 1 is 0.189 bits per heavy atom. The van der Waals surface area contributed by atoms with Crippen molar-refractivity contribution in [1.82, 2.24) is 0 Å². The van der Waals surface area contributed by atoms with Crippen LogP contribution in [-0.4, -0.2) is 0 Å². The maximum absolute atomic E-state index is 16.9. The van der Waals surface area contributed by atoms with Gasteiger partial charge in [0.25, 0.3) is 0 Å². The molecule has 0 aliphatic carbocycles. The molecule has 74 heavy (non-hydrogen) atoms. The van der Waals surface area contributed by atoms with Gasteiger partial charge in [0.1, 0.15) is 11.6 Å². The maximum Gasteiger partial charge on any atom is 0.131 e. The summed E-state index contributed by atoms with van der Waals surface area (Å²) in [5, 5.41) is 18.9. The first-order chi connectivity index (χ1) is 36.5. The Kier molecular flexibility index (Phi) is 9.36. The Labute approximate surface area is 424 Å². The van der Waals surface area contributed by atoms with Crippen molar-refractivity contribution in [2.24, 2.45) is 0 Å². The molecule has 0 unspecified atom stereocenters. The van der Waals surface area contributed by atoms with Crippen molar-refractivity contribution >= 4 is 142 Å². The molecule has 2 nitrogen and oxygen atoms in total. The number of fused-ring (bicyclic) bond motifs is 16. The van der Waals surface area contributed by atoms with Crippen LogP contribution < -0.4 is 9.80 Å². The lowest BCUT2D eigenvalue weighted by Crippen LogP contribution is -2.10. The Morgan fingerprint density at radius 3 is 0.811 bits per heavy atom. The number of hydrogen-bond acceptors (Lipinski definition) is 2. The zero-order valence-corrected chi connectivity index (χ0v) is 39.9. The topological polar surface area (TPSA) is 6.48 Å². The molecule has 0 spiro atoms. The van der Waals surface area contributed by atoms with E-state index >= 15 is 8.78 Å². The van der Waals surface area contributed by atoms with Crippen molar-refractivity contribution in [3.05, 3.63) is 266 Å². The van der Waals surface area contributed by atoms with Crippen LogP contribution in [0.25, 0.3) is 108 Å². The monoisotopic (exact) mass is 948 g/mol. The van der Waals surface area contributed by atoms with Gasteiger partial charge in [-0.2, -0.15) is 0 Å². The van der Waals surface area contributed by atoms with E-state index in [0.717, 1.165) is 131 Å². The molecular formula is C70H42F2N2. The van der Waals surface area contributed by atoms with E-state index in [1.54, 1.807) is 24.3 Å². The molecule has 0 saturated carbocycles. The van der Waals surface area contributed by atoms with Gasteiger partial charge in [0.05, 0.1) is 0 Å². The average molecular weight is 949 g/mol. The summed E-state index contributed by atoms with van der Waals surface area (Å²) < 4.78 is 33.9. The molecule has 0 atom stereocenters. The summed E-state index contributed by atoms with van der Waals surface area (Å²) in [6.45, 7) is 0. The first-order valence-corrected chi connectivity index (χ1v) is 25.1. The number of halogens is 2. The SMILES string of the molecule is Fc1cccc2c3cc(N(c4ccc5ccccc5c4)c4ccc5ccccc5c4)ccc3c3cc4c(cc3c12)c1ccc(N(c2ccc3ccccc3c2)c2ccc3ccccc3c2)cc1c1cccc(F)c14. The summed E-state index contributed by atoms with van der Waals surface area (Å²) in [7, 11) is 0. The van der Waals surface area contributed by atoms with Crippen LogP contribution in [0.3, 0.4) is 0 Å². The van der Waals surface area contributed by atoms with Crippen LogP contribution in [0.1, 0.15) is 0 Å². The zero-order chi connectivity index (χ0) is 49.0. The molecule has 0 N–H and O–H groups in total. The quantitative estimate of drug-likeness (QED) is 0.121. The van der Waals surface area contributed by atoms with Crippen LogP contribution in [-0.2, 0) is 0 Å². The standard InChI is InChI=1S/C70H42F2N2/c71-67-21-9-19-59-61-39-55(73(51-27-23-43-11-1-5-15-47(43)35-51)52-28-24-44-12-2-6-16-48(44)36-52)31-33-57(61)63-41-66-64(42-65(63)69(59)67)58-34-32-56(40-62(58)60-20-10-22-68(72)70(60)66)74(53-29-25-45-13-3-7-17-49(45)37-53)54-30-26-46-14-4-8-18-50(46)38-54/h1-42H. The van der Waals surface area contributed by atoms with Crippen molar-refractivity contribution in [3.63, 3.8) is 0 Å². The van der Waals surface area contributed by atoms with E-state index in [-0.39, 0.29) is 11.6 Å². The molecule has 15 aromatic carbocycles. The van der Waals surface area contributed by atoms with Crippen molar-refractivity contribution in [2.45, 2.75) is 0 Å². The smallest absolute Gasteiger partial charge is 0.131 e. The number of nitrogens with zero attached hydrogens (tertiary/aromatic N) is 2. The number of rotatable bonds is 6. The van der Waals surface area contributed by atoms with Gasteiger partial charge in [0.2, 0.25) is 0 Å².